The monoisotopic (exact) mass is 1760 g/mol. The molecule has 0 saturated heterocycles. The van der Waals surface area contributed by atoms with Crippen LogP contribution < -0.4 is 0 Å². The average Bonchev–Trinajstić information content (AvgIpc) is 1.69. The van der Waals surface area contributed by atoms with Crippen LogP contribution in [0.1, 0.15) is 0 Å². The zero-order valence-corrected chi connectivity index (χ0v) is 75.0. The van der Waals surface area contributed by atoms with Crippen molar-refractivity contribution in [2.45, 2.75) is 0 Å². The summed E-state index contributed by atoms with van der Waals surface area (Å²) in [5, 5.41) is 14.8. The van der Waals surface area contributed by atoms with Crippen LogP contribution in [0.4, 0.5) is 0 Å². The first-order valence-electron chi connectivity index (χ1n) is 46.9. The van der Waals surface area contributed by atoms with Gasteiger partial charge in [-0.05, 0) is 187 Å². The topological polar surface area (TPSA) is 81.1 Å². The maximum absolute atomic E-state index is 5.26. The number of hydrogen-bond acceptors (Lipinski definition) is 4. The molecule has 0 atom stereocenters. The van der Waals surface area contributed by atoms with Crippen LogP contribution >= 0.6 is 0 Å². The van der Waals surface area contributed by atoms with E-state index in [-0.39, 0.29) is 0 Å². The van der Waals surface area contributed by atoms with E-state index in [1.54, 1.807) is 0 Å². The van der Waals surface area contributed by atoms with Crippen molar-refractivity contribution in [1.82, 2.24) is 47.3 Å². The van der Waals surface area contributed by atoms with Crippen molar-refractivity contribution in [3.05, 3.63) is 510 Å². The van der Waals surface area contributed by atoms with Crippen molar-refractivity contribution in [2.24, 2.45) is 0 Å². The lowest BCUT2D eigenvalue weighted by Crippen LogP contribution is -2.01. The zero-order valence-electron chi connectivity index (χ0n) is 75.0. The molecule has 10 heteroatoms. The van der Waals surface area contributed by atoms with Crippen LogP contribution in [0, 0.1) is 0 Å². The highest BCUT2D eigenvalue weighted by Crippen LogP contribution is 2.45. The van der Waals surface area contributed by atoms with Gasteiger partial charge in [-0.3, -0.25) is 0 Å². The van der Waals surface area contributed by atoms with Gasteiger partial charge in [0.1, 0.15) is 0 Å². The van der Waals surface area contributed by atoms with Crippen molar-refractivity contribution in [2.75, 3.05) is 0 Å². The molecule has 0 aliphatic heterocycles. The molecule has 646 valence electrons. The van der Waals surface area contributed by atoms with E-state index in [2.05, 4.69) is 501 Å². The molecule has 0 radical (unpaired) electrons. The Labute approximate surface area is 795 Å². The number of fused-ring (bicyclic) bond motifs is 18. The van der Waals surface area contributed by atoms with Crippen molar-refractivity contribution in [3.63, 3.8) is 0 Å². The van der Waals surface area contributed by atoms with Gasteiger partial charge in [-0.15, -0.1) is 0 Å². The minimum Gasteiger partial charge on any atom is -0.309 e. The van der Waals surface area contributed by atoms with E-state index >= 15 is 0 Å². The number of rotatable bonds is 13. The Morgan fingerprint density at radius 1 is 0.109 bits per heavy atom. The Hall–Kier alpha value is -18.6. The fraction of sp³-hybridized carbons (Fsp3) is 0. The Kier molecular flexibility index (Phi) is 19.7. The largest absolute Gasteiger partial charge is 0.309 e. The Morgan fingerprint density at radius 2 is 0.319 bits per heavy atom. The SMILES string of the molecule is c1ccc(-c2cc(-c3cc(-n4c5ccccc5c5ccccc54)cc(-n4c5ccccc5c5ccccc54)c3)nc(-c3ccccc3)n2)cc1.c1ccc(-c2cc(-c3ccccc3)nc(-c3ccc4c(c3)c3cc(-n5c6ccccc6c6ccccc65)ccc3n4-c3ccccc3)n2)cc1.c1ccc(-n2c3ccccc3c3cc(-c4ccc5c(c4)c4ccccc4n5-c4ccccc4)ccc32)cc1. The van der Waals surface area contributed by atoms with Gasteiger partial charge >= 0.3 is 0 Å². The highest BCUT2D eigenvalue weighted by atomic mass is 15.0. The summed E-state index contributed by atoms with van der Waals surface area (Å²) in [5.74, 6) is 1.40. The second-order valence-corrected chi connectivity index (χ2v) is 35.2. The summed E-state index contributed by atoms with van der Waals surface area (Å²) in [6, 6.07) is 181. The molecule has 28 rings (SSSR count). The summed E-state index contributed by atoms with van der Waals surface area (Å²) >= 11 is 0. The number of benzene rings is 20. The van der Waals surface area contributed by atoms with Crippen LogP contribution in [0.2, 0.25) is 0 Å². The molecule has 10 nitrogen and oxygen atoms in total. The first-order valence-corrected chi connectivity index (χ1v) is 46.9. The molecule has 0 spiro atoms. The molecule has 0 fully saturated rings. The van der Waals surface area contributed by atoms with Gasteiger partial charge in [0.05, 0.1) is 89.0 Å². The Bertz CT molecular complexity index is 9010. The third-order valence-electron chi connectivity index (χ3n) is 27.1. The molecular formula is C128H84N10. The Morgan fingerprint density at radius 3 is 0.638 bits per heavy atom. The highest BCUT2D eigenvalue weighted by Gasteiger charge is 2.25. The molecule has 8 aromatic heterocycles. The summed E-state index contributed by atoms with van der Waals surface area (Å²) in [4.78, 5) is 20.7. The average molecular weight is 1760 g/mol. The molecule has 0 bridgehead atoms. The quantitative estimate of drug-likeness (QED) is 0.115. The maximum Gasteiger partial charge on any atom is 0.160 e. The molecule has 0 aliphatic carbocycles. The third-order valence-corrected chi connectivity index (χ3v) is 27.1. The summed E-state index contributed by atoms with van der Waals surface area (Å²) < 4.78 is 14.3. The molecule has 138 heavy (non-hydrogen) atoms. The minimum absolute atomic E-state index is 0.697. The van der Waals surface area contributed by atoms with Crippen LogP contribution in [-0.4, -0.2) is 47.3 Å². The molecule has 0 unspecified atom stereocenters. The van der Waals surface area contributed by atoms with Gasteiger partial charge in [0.15, 0.2) is 11.6 Å². The smallest absolute Gasteiger partial charge is 0.160 e. The summed E-state index contributed by atoms with van der Waals surface area (Å²) in [6.07, 6.45) is 0. The minimum atomic E-state index is 0.697. The van der Waals surface area contributed by atoms with Crippen LogP contribution in [0.25, 0.3) is 244 Å². The molecule has 0 aliphatic rings. The van der Waals surface area contributed by atoms with Crippen LogP contribution in [0.5, 0.6) is 0 Å². The van der Waals surface area contributed by atoms with Gasteiger partial charge < -0.3 is 27.4 Å². The van der Waals surface area contributed by atoms with Gasteiger partial charge in [0, 0.05) is 132 Å². The van der Waals surface area contributed by atoms with Gasteiger partial charge in [-0.1, -0.05) is 334 Å². The molecule has 20 aromatic carbocycles. The van der Waals surface area contributed by atoms with Crippen molar-refractivity contribution >= 4 is 131 Å². The normalized spacial score (nSPS) is 11.6. The highest BCUT2D eigenvalue weighted by molar-refractivity contribution is 6.17. The zero-order chi connectivity index (χ0) is 91.1. The molecule has 0 N–H and O–H groups in total. The van der Waals surface area contributed by atoms with E-state index in [1.807, 2.05) is 36.4 Å². The van der Waals surface area contributed by atoms with Crippen molar-refractivity contribution in [3.8, 4) is 113 Å². The van der Waals surface area contributed by atoms with Gasteiger partial charge in [-0.25, -0.2) is 19.9 Å². The van der Waals surface area contributed by atoms with Gasteiger partial charge in [0.2, 0.25) is 0 Å². The number of para-hydroxylation sites is 11. The maximum atomic E-state index is 5.26. The summed E-state index contributed by atoms with van der Waals surface area (Å²) in [7, 11) is 0. The standard InChI is InChI=1S/2C46H30N4.C36H24N2/c1-4-14-31(15-5-1)40-30-41(32-16-6-2-7-17-32)48-46(47-40)33-24-26-44-38(28-33)39-29-35(25-27-45(39)49(44)34-18-8-3-9-19-34)50-42-22-12-10-20-36(42)37-21-11-13-23-43(37)50;1-3-15-31(16-4-1)40-30-41(48-46(47-40)32-17-5-2-6-18-32)33-27-34(49-42-23-11-7-19-36(42)37-20-8-12-24-43(37)49)29-35(28-33)50-44-25-13-9-21-38(44)39-22-10-14-26-45(39)50;1-3-11-27(12-4-1)37-33-17-9-7-15-29(33)31-23-25(19-21-35(31)37)26-20-22-36-32(24-26)30-16-8-10-18-34(30)38(36)28-13-5-2-6-14-28/h2*1-30H;1-24H. The fourth-order valence-corrected chi connectivity index (χ4v) is 20.9. The summed E-state index contributed by atoms with van der Waals surface area (Å²) in [6.45, 7) is 0. The molecule has 28 aromatic rings. The lowest BCUT2D eigenvalue weighted by Gasteiger charge is -2.16. The first kappa shape index (κ1) is 80.2. The van der Waals surface area contributed by atoms with Crippen LogP contribution in [-0.2, 0) is 0 Å². The van der Waals surface area contributed by atoms with Gasteiger partial charge in [-0.2, -0.15) is 0 Å². The van der Waals surface area contributed by atoms with Crippen molar-refractivity contribution in [1.29, 1.82) is 0 Å². The Balaban J connectivity index is 0.000000108. The van der Waals surface area contributed by atoms with E-state index in [4.69, 9.17) is 19.9 Å². The second kappa shape index (κ2) is 33.9. The van der Waals surface area contributed by atoms with Crippen molar-refractivity contribution < 1.29 is 0 Å². The third kappa shape index (κ3) is 14.0. The predicted octanol–water partition coefficient (Wildman–Crippen LogP) is 32.9. The summed E-state index contributed by atoms with van der Waals surface area (Å²) in [5.41, 5.74) is 33.1. The molecule has 0 saturated carbocycles. The van der Waals surface area contributed by atoms with E-state index < -0.39 is 0 Å². The van der Waals surface area contributed by atoms with Crippen LogP contribution in [0.3, 0.4) is 0 Å². The lowest BCUT2D eigenvalue weighted by atomic mass is 10.0. The number of hydrogen-bond donors (Lipinski definition) is 0. The van der Waals surface area contributed by atoms with E-state index in [1.165, 1.54) is 115 Å². The molecule has 0 amide bonds. The molecule has 8 heterocycles. The molecular weight excluding hydrogens is 1680 g/mol. The van der Waals surface area contributed by atoms with Gasteiger partial charge in [0.25, 0.3) is 0 Å². The predicted molar refractivity (Wildman–Crippen MR) is 575 cm³/mol. The lowest BCUT2D eigenvalue weighted by molar-refractivity contribution is 1.13. The number of nitrogens with zero attached hydrogens (tertiary/aromatic N) is 10. The first-order chi connectivity index (χ1) is 68.5. The van der Waals surface area contributed by atoms with E-state index in [0.29, 0.717) is 11.6 Å². The second-order valence-electron chi connectivity index (χ2n) is 35.2. The van der Waals surface area contributed by atoms with E-state index in [9.17, 15) is 0 Å². The fourth-order valence-electron chi connectivity index (χ4n) is 20.9. The van der Waals surface area contributed by atoms with Crippen LogP contribution in [0.15, 0.2) is 510 Å². The van der Waals surface area contributed by atoms with E-state index in [0.717, 1.165) is 117 Å². The number of aromatic nitrogens is 10.